The lowest BCUT2D eigenvalue weighted by Gasteiger charge is -2.32. The summed E-state index contributed by atoms with van der Waals surface area (Å²) in [5, 5.41) is 3.03. The molecule has 2 amide bonds. The van der Waals surface area contributed by atoms with Crippen LogP contribution in [0, 0.1) is 19.7 Å². The molecule has 1 aliphatic heterocycles. The third-order valence-electron chi connectivity index (χ3n) is 6.27. The molecule has 1 fully saturated rings. The number of aryl methyl sites for hydroxylation is 2. The van der Waals surface area contributed by atoms with E-state index in [4.69, 9.17) is 4.98 Å². The van der Waals surface area contributed by atoms with Gasteiger partial charge >= 0.3 is 0 Å². The molecule has 0 saturated carbocycles. The van der Waals surface area contributed by atoms with E-state index in [1.165, 1.54) is 24.3 Å². The molecule has 3 aromatic rings. The number of hydrogen-bond donors (Lipinski definition) is 1. The molecule has 1 N–H and O–H groups in total. The summed E-state index contributed by atoms with van der Waals surface area (Å²) >= 11 is 0. The zero-order valence-corrected chi connectivity index (χ0v) is 19.0. The van der Waals surface area contributed by atoms with Crippen LogP contribution in [0.25, 0.3) is 0 Å². The van der Waals surface area contributed by atoms with E-state index in [0.29, 0.717) is 30.8 Å². The average molecular weight is 446 g/mol. The lowest BCUT2D eigenvalue weighted by molar-refractivity contribution is 0.0710. The summed E-state index contributed by atoms with van der Waals surface area (Å²) in [4.78, 5) is 32.3. The summed E-state index contributed by atoms with van der Waals surface area (Å²) in [6.45, 7) is 5.55. The van der Waals surface area contributed by atoms with Gasteiger partial charge in [-0.3, -0.25) is 14.6 Å². The summed E-state index contributed by atoms with van der Waals surface area (Å²) in [5.74, 6) is -0.488. The van der Waals surface area contributed by atoms with Gasteiger partial charge in [-0.25, -0.2) is 4.39 Å². The second-order valence-electron chi connectivity index (χ2n) is 8.57. The number of likely N-dealkylation sites (tertiary alicyclic amines) is 1. The minimum atomic E-state index is -0.357. The van der Waals surface area contributed by atoms with Gasteiger partial charge in [0.05, 0.1) is 11.3 Å². The first-order valence-corrected chi connectivity index (χ1v) is 11.3. The van der Waals surface area contributed by atoms with Crippen LogP contribution in [0.5, 0.6) is 0 Å². The summed E-state index contributed by atoms with van der Waals surface area (Å²) < 4.78 is 13.2. The van der Waals surface area contributed by atoms with E-state index in [-0.39, 0.29) is 23.5 Å². The molecule has 1 aliphatic rings. The van der Waals surface area contributed by atoms with Gasteiger partial charge in [0, 0.05) is 36.8 Å². The molecule has 0 radical (unpaired) electrons. The first-order valence-electron chi connectivity index (χ1n) is 11.3. The lowest BCUT2D eigenvalue weighted by Crippen LogP contribution is -2.38. The van der Waals surface area contributed by atoms with Crippen molar-refractivity contribution >= 4 is 11.8 Å². The third-order valence-corrected chi connectivity index (χ3v) is 6.27. The number of carbonyl (C=O) groups excluding carboxylic acids is 2. The van der Waals surface area contributed by atoms with Crippen LogP contribution in [0.2, 0.25) is 0 Å². The molecule has 0 atom stereocenters. The zero-order chi connectivity index (χ0) is 23.4. The maximum atomic E-state index is 13.2. The highest BCUT2D eigenvalue weighted by atomic mass is 19.1. The van der Waals surface area contributed by atoms with Crippen molar-refractivity contribution in [3.63, 3.8) is 0 Å². The second kappa shape index (κ2) is 9.94. The Bertz CT molecular complexity index is 1150. The Morgan fingerprint density at radius 1 is 1.00 bits per heavy atom. The fourth-order valence-corrected chi connectivity index (χ4v) is 4.29. The van der Waals surface area contributed by atoms with Crippen LogP contribution in [0.3, 0.4) is 0 Å². The van der Waals surface area contributed by atoms with Crippen molar-refractivity contribution in [1.82, 2.24) is 15.2 Å². The molecule has 5 nitrogen and oxygen atoms in total. The van der Waals surface area contributed by atoms with E-state index < -0.39 is 0 Å². The van der Waals surface area contributed by atoms with Crippen molar-refractivity contribution in [3.8, 4) is 0 Å². The van der Waals surface area contributed by atoms with E-state index in [1.807, 2.05) is 50.2 Å². The van der Waals surface area contributed by atoms with Crippen molar-refractivity contribution < 1.29 is 14.0 Å². The number of halogens is 1. The van der Waals surface area contributed by atoms with E-state index in [9.17, 15) is 14.0 Å². The molecule has 4 rings (SSSR count). The van der Waals surface area contributed by atoms with Crippen LogP contribution in [0.15, 0.2) is 60.7 Å². The Labute approximate surface area is 193 Å². The molecule has 33 heavy (non-hydrogen) atoms. The topological polar surface area (TPSA) is 62.3 Å². The summed E-state index contributed by atoms with van der Waals surface area (Å²) in [5.41, 5.74) is 4.96. The number of nitrogens with one attached hydrogen (secondary N) is 1. The fourth-order valence-electron chi connectivity index (χ4n) is 4.29. The minimum Gasteiger partial charge on any atom is -0.348 e. The molecule has 1 aromatic heterocycles. The van der Waals surface area contributed by atoms with Gasteiger partial charge in [0.25, 0.3) is 11.8 Å². The zero-order valence-electron chi connectivity index (χ0n) is 19.0. The normalized spacial score (nSPS) is 14.2. The molecule has 2 heterocycles. The Morgan fingerprint density at radius 3 is 2.39 bits per heavy atom. The standard InChI is InChI=1S/C27H28FN3O2/c1-18-5-3-4-6-22(18)17-29-26(32)24-12-7-19(2)30-25(24)20-13-15-31(16-14-20)27(33)21-8-10-23(28)11-9-21/h3-12,20H,13-17H2,1-2H3,(H,29,32). The van der Waals surface area contributed by atoms with Crippen molar-refractivity contribution in [2.24, 2.45) is 0 Å². The van der Waals surface area contributed by atoms with E-state index in [2.05, 4.69) is 5.32 Å². The first-order chi connectivity index (χ1) is 15.9. The van der Waals surface area contributed by atoms with Gasteiger partial charge in [-0.2, -0.15) is 0 Å². The van der Waals surface area contributed by atoms with Crippen molar-refractivity contribution in [1.29, 1.82) is 0 Å². The van der Waals surface area contributed by atoms with Crippen LogP contribution >= 0.6 is 0 Å². The Hall–Kier alpha value is -3.54. The highest BCUT2D eigenvalue weighted by Gasteiger charge is 2.28. The molecular formula is C27H28FN3O2. The Balaban J connectivity index is 1.44. The van der Waals surface area contributed by atoms with Gasteiger partial charge in [0.1, 0.15) is 5.82 Å². The van der Waals surface area contributed by atoms with Crippen molar-refractivity contribution in [2.45, 2.75) is 39.2 Å². The Morgan fingerprint density at radius 2 is 1.70 bits per heavy atom. The summed E-state index contributed by atoms with van der Waals surface area (Å²) in [7, 11) is 0. The number of carbonyl (C=O) groups is 2. The molecule has 0 unspecified atom stereocenters. The van der Waals surface area contributed by atoms with Crippen LogP contribution in [0.4, 0.5) is 4.39 Å². The van der Waals surface area contributed by atoms with Crippen LogP contribution in [-0.2, 0) is 6.54 Å². The smallest absolute Gasteiger partial charge is 0.253 e. The molecule has 170 valence electrons. The number of nitrogens with zero attached hydrogens (tertiary/aromatic N) is 2. The third kappa shape index (κ3) is 5.28. The quantitative estimate of drug-likeness (QED) is 0.614. The number of amides is 2. The maximum absolute atomic E-state index is 13.2. The number of benzene rings is 2. The predicted octanol–water partition coefficient (Wildman–Crippen LogP) is 4.79. The minimum absolute atomic E-state index is 0.0955. The number of piperidine rings is 1. The van der Waals surface area contributed by atoms with Crippen molar-refractivity contribution in [2.75, 3.05) is 13.1 Å². The molecule has 6 heteroatoms. The van der Waals surface area contributed by atoms with Gasteiger partial charge in [0.2, 0.25) is 0 Å². The van der Waals surface area contributed by atoms with E-state index >= 15 is 0 Å². The molecule has 0 aliphatic carbocycles. The van der Waals surface area contributed by atoms with Crippen LogP contribution < -0.4 is 5.32 Å². The average Bonchev–Trinajstić information content (AvgIpc) is 2.83. The SMILES string of the molecule is Cc1ccc(C(=O)NCc2ccccc2C)c(C2CCN(C(=O)c3ccc(F)cc3)CC2)n1. The van der Waals surface area contributed by atoms with Gasteiger partial charge < -0.3 is 10.2 Å². The predicted molar refractivity (Wildman–Crippen MR) is 126 cm³/mol. The number of rotatable bonds is 5. The molecule has 0 spiro atoms. The molecular weight excluding hydrogens is 417 g/mol. The van der Waals surface area contributed by atoms with Crippen molar-refractivity contribution in [3.05, 3.63) is 100 Å². The number of aromatic nitrogens is 1. The largest absolute Gasteiger partial charge is 0.348 e. The van der Waals surface area contributed by atoms with Gasteiger partial charge in [-0.05, 0) is 74.2 Å². The van der Waals surface area contributed by atoms with Gasteiger partial charge in [-0.15, -0.1) is 0 Å². The summed E-state index contributed by atoms with van der Waals surface area (Å²) in [6, 6.07) is 17.3. The monoisotopic (exact) mass is 445 g/mol. The number of pyridine rings is 1. The number of hydrogen-bond acceptors (Lipinski definition) is 3. The van der Waals surface area contributed by atoms with Gasteiger partial charge in [0.15, 0.2) is 0 Å². The van der Waals surface area contributed by atoms with E-state index in [1.54, 1.807) is 4.90 Å². The molecule has 0 bridgehead atoms. The molecule has 2 aromatic carbocycles. The summed E-state index contributed by atoms with van der Waals surface area (Å²) in [6.07, 6.45) is 1.45. The maximum Gasteiger partial charge on any atom is 0.253 e. The van der Waals surface area contributed by atoms with Gasteiger partial charge in [-0.1, -0.05) is 24.3 Å². The van der Waals surface area contributed by atoms with E-state index in [0.717, 1.165) is 35.4 Å². The lowest BCUT2D eigenvalue weighted by atomic mass is 9.89. The fraction of sp³-hybridized carbons (Fsp3) is 0.296. The highest BCUT2D eigenvalue weighted by molar-refractivity contribution is 5.95. The molecule has 1 saturated heterocycles. The first kappa shape index (κ1) is 22.6. The highest BCUT2D eigenvalue weighted by Crippen LogP contribution is 2.30. The van der Waals surface area contributed by atoms with Crippen LogP contribution in [-0.4, -0.2) is 34.8 Å². The van der Waals surface area contributed by atoms with Crippen LogP contribution in [0.1, 0.15) is 62.0 Å². The Kier molecular flexibility index (Phi) is 6.82. The second-order valence-corrected chi connectivity index (χ2v) is 8.57.